The zero-order valence-corrected chi connectivity index (χ0v) is 15.9. The van der Waals surface area contributed by atoms with Crippen molar-refractivity contribution in [3.63, 3.8) is 0 Å². The van der Waals surface area contributed by atoms with Gasteiger partial charge in [-0.05, 0) is 17.0 Å². The molecule has 5 nitrogen and oxygen atoms in total. The van der Waals surface area contributed by atoms with Crippen molar-refractivity contribution in [3.8, 4) is 0 Å². The lowest BCUT2D eigenvalue weighted by molar-refractivity contribution is -0.122. The second-order valence-electron chi connectivity index (χ2n) is 7.85. The molecule has 3 aromatic rings. The molecular formula is C22H25N3O2. The van der Waals surface area contributed by atoms with E-state index in [9.17, 15) is 9.59 Å². The molecule has 3 N–H and O–H groups in total. The first-order valence-electron chi connectivity index (χ1n) is 8.99. The Hall–Kier alpha value is -3.08. The molecule has 0 bridgehead atoms. The highest BCUT2D eigenvalue weighted by Crippen LogP contribution is 2.24. The number of carbonyl (C=O) groups is 2. The summed E-state index contributed by atoms with van der Waals surface area (Å²) in [6.07, 6.45) is 1.84. The molecule has 0 radical (unpaired) electrons. The van der Waals surface area contributed by atoms with Gasteiger partial charge in [0.25, 0.3) is 5.91 Å². The highest BCUT2D eigenvalue weighted by Gasteiger charge is 2.32. The van der Waals surface area contributed by atoms with Crippen molar-refractivity contribution in [3.05, 3.63) is 71.9 Å². The number of aromatic nitrogens is 1. The van der Waals surface area contributed by atoms with Crippen LogP contribution < -0.4 is 11.1 Å². The lowest BCUT2D eigenvalue weighted by atomic mass is 9.86. The SMILES string of the molecule is CC(C)(C)C(NC(=O)c1cn(Cc2ccccc2)c2ccccc12)C(N)=O. The number of fused-ring (bicyclic) bond motifs is 1. The van der Waals surface area contributed by atoms with E-state index in [2.05, 4.69) is 22.0 Å². The summed E-state index contributed by atoms with van der Waals surface area (Å²) in [5.41, 5.74) is 7.70. The van der Waals surface area contributed by atoms with Crippen molar-refractivity contribution in [2.45, 2.75) is 33.4 Å². The highest BCUT2D eigenvalue weighted by atomic mass is 16.2. The molecule has 27 heavy (non-hydrogen) atoms. The Balaban J connectivity index is 1.97. The van der Waals surface area contributed by atoms with Gasteiger partial charge in [0, 0.05) is 23.6 Å². The van der Waals surface area contributed by atoms with Gasteiger partial charge in [-0.2, -0.15) is 0 Å². The van der Waals surface area contributed by atoms with E-state index in [1.807, 2.05) is 69.4 Å². The van der Waals surface area contributed by atoms with Crippen molar-refractivity contribution >= 4 is 22.7 Å². The third-order valence-electron chi connectivity index (χ3n) is 4.65. The number of nitrogens with two attached hydrogens (primary N) is 1. The highest BCUT2D eigenvalue weighted by molar-refractivity contribution is 6.08. The molecule has 0 fully saturated rings. The molecule has 0 spiro atoms. The summed E-state index contributed by atoms with van der Waals surface area (Å²) in [4.78, 5) is 24.8. The number of hydrogen-bond acceptors (Lipinski definition) is 2. The Morgan fingerprint density at radius 2 is 1.67 bits per heavy atom. The second kappa shape index (κ2) is 7.27. The zero-order chi connectivity index (χ0) is 19.6. The molecule has 1 unspecified atom stereocenters. The van der Waals surface area contributed by atoms with Crippen molar-refractivity contribution in [1.29, 1.82) is 0 Å². The molecule has 140 valence electrons. The normalized spacial score (nSPS) is 12.7. The number of benzene rings is 2. The Labute approximate surface area is 159 Å². The van der Waals surface area contributed by atoms with Crippen molar-refractivity contribution < 1.29 is 9.59 Å². The van der Waals surface area contributed by atoms with Crippen LogP contribution in [0.5, 0.6) is 0 Å². The first-order chi connectivity index (χ1) is 12.8. The van der Waals surface area contributed by atoms with Gasteiger partial charge < -0.3 is 15.6 Å². The summed E-state index contributed by atoms with van der Waals surface area (Å²) >= 11 is 0. The number of carbonyl (C=O) groups excluding carboxylic acids is 2. The van der Waals surface area contributed by atoms with E-state index in [0.717, 1.165) is 16.5 Å². The molecule has 1 aromatic heterocycles. The number of nitrogens with zero attached hydrogens (tertiary/aromatic N) is 1. The number of nitrogens with one attached hydrogen (secondary N) is 1. The van der Waals surface area contributed by atoms with Gasteiger partial charge in [0.2, 0.25) is 5.91 Å². The summed E-state index contributed by atoms with van der Waals surface area (Å²) in [5, 5.41) is 3.67. The zero-order valence-electron chi connectivity index (χ0n) is 15.9. The fourth-order valence-electron chi connectivity index (χ4n) is 3.26. The first kappa shape index (κ1) is 18.7. The maximum absolute atomic E-state index is 13.0. The number of para-hydroxylation sites is 1. The van der Waals surface area contributed by atoms with Gasteiger partial charge in [-0.3, -0.25) is 9.59 Å². The Morgan fingerprint density at radius 1 is 1.04 bits per heavy atom. The number of rotatable bonds is 5. The Bertz CT molecular complexity index is 968. The van der Waals surface area contributed by atoms with Crippen LogP contribution in [-0.4, -0.2) is 22.4 Å². The van der Waals surface area contributed by atoms with E-state index in [-0.39, 0.29) is 5.91 Å². The van der Waals surface area contributed by atoms with Crippen LogP contribution in [0.1, 0.15) is 36.7 Å². The topological polar surface area (TPSA) is 77.1 Å². The fourth-order valence-corrected chi connectivity index (χ4v) is 3.26. The molecule has 1 atom stereocenters. The van der Waals surface area contributed by atoms with Crippen molar-refractivity contribution in [2.75, 3.05) is 0 Å². The summed E-state index contributed by atoms with van der Waals surface area (Å²) in [6.45, 7) is 6.29. The minimum absolute atomic E-state index is 0.295. The maximum atomic E-state index is 13.0. The smallest absolute Gasteiger partial charge is 0.254 e. The van der Waals surface area contributed by atoms with E-state index in [4.69, 9.17) is 5.73 Å². The predicted molar refractivity (Wildman–Crippen MR) is 107 cm³/mol. The van der Waals surface area contributed by atoms with Gasteiger partial charge in [0.05, 0.1) is 5.56 Å². The average molecular weight is 363 g/mol. The molecule has 0 aliphatic heterocycles. The number of hydrogen-bond donors (Lipinski definition) is 2. The standard InChI is InChI=1S/C22H25N3O2/c1-22(2,3)19(20(23)26)24-21(27)17-14-25(13-15-9-5-4-6-10-15)18-12-8-7-11-16(17)18/h4-12,14,19H,13H2,1-3H3,(H2,23,26)(H,24,27). The van der Waals surface area contributed by atoms with Crippen LogP contribution >= 0.6 is 0 Å². The van der Waals surface area contributed by atoms with E-state index >= 15 is 0 Å². The number of primary amides is 1. The van der Waals surface area contributed by atoms with Gasteiger partial charge in [0.1, 0.15) is 6.04 Å². The van der Waals surface area contributed by atoms with Crippen LogP contribution in [0, 0.1) is 5.41 Å². The maximum Gasteiger partial charge on any atom is 0.254 e. The Morgan fingerprint density at radius 3 is 2.30 bits per heavy atom. The molecule has 0 saturated heterocycles. The van der Waals surface area contributed by atoms with Gasteiger partial charge in [0.15, 0.2) is 0 Å². The molecule has 0 saturated carbocycles. The third kappa shape index (κ3) is 4.03. The van der Waals surface area contributed by atoms with Gasteiger partial charge in [-0.1, -0.05) is 69.3 Å². The minimum Gasteiger partial charge on any atom is -0.368 e. The summed E-state index contributed by atoms with van der Waals surface area (Å²) < 4.78 is 2.05. The van der Waals surface area contributed by atoms with E-state index in [0.29, 0.717) is 12.1 Å². The average Bonchev–Trinajstić information content (AvgIpc) is 2.98. The van der Waals surface area contributed by atoms with Crippen LogP contribution in [0.15, 0.2) is 60.8 Å². The second-order valence-corrected chi connectivity index (χ2v) is 7.85. The van der Waals surface area contributed by atoms with Crippen LogP contribution in [-0.2, 0) is 11.3 Å². The van der Waals surface area contributed by atoms with Crippen LogP contribution in [0.4, 0.5) is 0 Å². The molecule has 3 rings (SSSR count). The van der Waals surface area contributed by atoms with Crippen LogP contribution in [0.25, 0.3) is 10.9 Å². The monoisotopic (exact) mass is 363 g/mol. The molecule has 0 aliphatic rings. The van der Waals surface area contributed by atoms with Crippen LogP contribution in [0.3, 0.4) is 0 Å². The van der Waals surface area contributed by atoms with E-state index in [1.165, 1.54) is 0 Å². The molecule has 0 aliphatic carbocycles. The predicted octanol–water partition coefficient (Wildman–Crippen LogP) is 3.32. The lowest BCUT2D eigenvalue weighted by Gasteiger charge is -2.28. The lowest BCUT2D eigenvalue weighted by Crippen LogP contribution is -2.52. The Kier molecular flexibility index (Phi) is 5.04. The van der Waals surface area contributed by atoms with Gasteiger partial charge in [-0.15, -0.1) is 0 Å². The summed E-state index contributed by atoms with van der Waals surface area (Å²) in [7, 11) is 0. The quantitative estimate of drug-likeness (QED) is 0.729. The number of amides is 2. The minimum atomic E-state index is -0.749. The summed E-state index contributed by atoms with van der Waals surface area (Å²) in [5.74, 6) is -0.833. The van der Waals surface area contributed by atoms with E-state index in [1.54, 1.807) is 0 Å². The fraction of sp³-hybridized carbons (Fsp3) is 0.273. The van der Waals surface area contributed by atoms with Crippen LogP contribution in [0.2, 0.25) is 0 Å². The summed E-state index contributed by atoms with van der Waals surface area (Å²) in [6, 6.07) is 17.1. The molecule has 1 heterocycles. The van der Waals surface area contributed by atoms with Gasteiger partial charge in [-0.25, -0.2) is 0 Å². The molecular weight excluding hydrogens is 338 g/mol. The van der Waals surface area contributed by atoms with Gasteiger partial charge >= 0.3 is 0 Å². The van der Waals surface area contributed by atoms with Crippen molar-refractivity contribution in [2.24, 2.45) is 11.1 Å². The first-order valence-corrected chi connectivity index (χ1v) is 8.99. The largest absolute Gasteiger partial charge is 0.368 e. The molecule has 2 aromatic carbocycles. The van der Waals surface area contributed by atoms with Crippen molar-refractivity contribution in [1.82, 2.24) is 9.88 Å². The molecule has 2 amide bonds. The third-order valence-corrected chi connectivity index (χ3v) is 4.65. The molecule has 5 heteroatoms. The van der Waals surface area contributed by atoms with E-state index < -0.39 is 17.4 Å².